The van der Waals surface area contributed by atoms with E-state index in [0.29, 0.717) is 6.42 Å². The quantitative estimate of drug-likeness (QED) is 0.361. The molecule has 1 heterocycles. The molecule has 2 N–H and O–H groups in total. The maximum absolute atomic E-state index is 13.6. The number of carbonyl (C=O) groups is 3. The minimum atomic E-state index is -4.73. The number of urea groups is 1. The van der Waals surface area contributed by atoms with Gasteiger partial charge in [0.15, 0.2) is 17.3 Å². The Hall–Kier alpha value is -4.42. The van der Waals surface area contributed by atoms with E-state index >= 15 is 0 Å². The summed E-state index contributed by atoms with van der Waals surface area (Å²) in [5, 5.41) is 12.4. The van der Waals surface area contributed by atoms with Crippen molar-refractivity contribution in [1.82, 2.24) is 10.2 Å². The number of nitrogens with one attached hydrogen (secondary N) is 2. The van der Waals surface area contributed by atoms with Crippen molar-refractivity contribution < 1.29 is 36.8 Å². The lowest BCUT2D eigenvalue weighted by Crippen LogP contribution is -2.45. The molecular weight excluding hydrogens is 541 g/mol. The number of nitrogens with zero attached hydrogens (tertiary/aromatic N) is 4. The zero-order chi connectivity index (χ0) is 29.7. The molecule has 41 heavy (non-hydrogen) atoms. The third kappa shape index (κ3) is 7.83. The average Bonchev–Trinajstić information content (AvgIpc) is 3.37. The molecule has 1 fully saturated rings. The highest BCUT2D eigenvalue weighted by atomic mass is 19.4. The summed E-state index contributed by atoms with van der Waals surface area (Å²) >= 11 is 0. The van der Waals surface area contributed by atoms with Crippen LogP contribution in [0.2, 0.25) is 0 Å². The molecule has 1 aliphatic rings. The number of rotatable bonds is 7. The zero-order valence-corrected chi connectivity index (χ0v) is 22.9. The highest BCUT2D eigenvalue weighted by Gasteiger charge is 2.35. The van der Waals surface area contributed by atoms with Crippen LogP contribution in [0.1, 0.15) is 48.4 Å². The van der Waals surface area contributed by atoms with E-state index in [9.17, 15) is 27.6 Å². The third-order valence-electron chi connectivity index (χ3n) is 6.90. The molecular formula is C28H31F3N6O4. The minimum Gasteiger partial charge on any atom is -0.424 e. The van der Waals surface area contributed by atoms with Gasteiger partial charge in [0.1, 0.15) is 0 Å². The Bertz CT molecular complexity index is 1420. The lowest BCUT2D eigenvalue weighted by molar-refractivity contribution is -0.787. The fraction of sp³-hybridized carbons (Fsp3) is 0.393. The molecule has 3 aromatic rings. The summed E-state index contributed by atoms with van der Waals surface area (Å²) in [5.41, 5.74) is 0.204. The van der Waals surface area contributed by atoms with E-state index in [1.165, 1.54) is 16.9 Å². The molecule has 2 aromatic carbocycles. The van der Waals surface area contributed by atoms with Crippen LogP contribution in [0.5, 0.6) is 0 Å². The first-order chi connectivity index (χ1) is 19.4. The smallest absolute Gasteiger partial charge is 0.416 e. The number of alkyl halides is 3. The number of amides is 4. The number of benzene rings is 2. The number of hydrogen-bond donors (Lipinski definition) is 2. The summed E-state index contributed by atoms with van der Waals surface area (Å²) in [6.45, 7) is 1.83. The van der Waals surface area contributed by atoms with Gasteiger partial charge >= 0.3 is 6.18 Å². The van der Waals surface area contributed by atoms with Crippen LogP contribution in [0.4, 0.5) is 35.2 Å². The standard InChI is InChI=1S/C28H31F3N6O4/c1-17-7-4-5-8-18(17)12-24(38)32-21-13-20(28(29,30)31)14-22(15-21)33-27(40)34-25-16-37(35-41-25)23-10-6-9-19(11-23)26(39)36(2)3/h4-5,7-8,13-16,19,23H,6,9-12H2,1-3H3,(H2-,32,33,34,35,38,40)/t19-,23+/m0/s1. The Morgan fingerprint density at radius 3 is 2.49 bits per heavy atom. The van der Waals surface area contributed by atoms with Gasteiger partial charge < -0.3 is 25.4 Å². The van der Waals surface area contributed by atoms with E-state index in [1.54, 1.807) is 31.1 Å². The number of carbonyl (C=O) groups excluding carboxylic acids is 3. The second-order valence-electron chi connectivity index (χ2n) is 10.3. The first-order valence-corrected chi connectivity index (χ1v) is 13.1. The molecule has 10 nitrogen and oxygen atoms in total. The molecule has 0 bridgehead atoms. The van der Waals surface area contributed by atoms with Gasteiger partial charge in [-0.2, -0.15) is 13.2 Å². The monoisotopic (exact) mass is 572 g/mol. The van der Waals surface area contributed by atoms with Crippen molar-refractivity contribution >= 4 is 35.1 Å². The van der Waals surface area contributed by atoms with Gasteiger partial charge in [0.2, 0.25) is 23.9 Å². The topological polar surface area (TPSA) is 123 Å². The molecule has 1 aromatic heterocycles. The summed E-state index contributed by atoms with van der Waals surface area (Å²) in [7, 11) is 3.41. The molecule has 4 amide bonds. The van der Waals surface area contributed by atoms with Crippen LogP contribution in [0.3, 0.4) is 0 Å². The molecule has 0 aliphatic heterocycles. The van der Waals surface area contributed by atoms with Crippen molar-refractivity contribution in [3.8, 4) is 0 Å². The van der Waals surface area contributed by atoms with Crippen molar-refractivity contribution in [2.24, 2.45) is 5.92 Å². The summed E-state index contributed by atoms with van der Waals surface area (Å²) < 4.78 is 47.4. The van der Waals surface area contributed by atoms with E-state index in [1.807, 2.05) is 19.1 Å². The fourth-order valence-corrected chi connectivity index (χ4v) is 4.84. The molecule has 0 saturated heterocycles. The number of hydrogen-bond acceptors (Lipinski definition) is 5. The second kappa shape index (κ2) is 12.4. The van der Waals surface area contributed by atoms with E-state index < -0.39 is 23.7 Å². The normalized spacial score (nSPS) is 17.0. The van der Waals surface area contributed by atoms with E-state index in [0.717, 1.165) is 42.5 Å². The van der Waals surface area contributed by atoms with Crippen molar-refractivity contribution in [2.45, 2.75) is 51.2 Å². The number of anilines is 2. The molecule has 1 aliphatic carbocycles. The van der Waals surface area contributed by atoms with Crippen LogP contribution in [-0.4, -0.2) is 42.1 Å². The van der Waals surface area contributed by atoms with Crippen molar-refractivity contribution in [3.05, 3.63) is 70.7 Å². The molecule has 218 valence electrons. The predicted octanol–water partition coefficient (Wildman–Crippen LogP) is 5.53. The van der Waals surface area contributed by atoms with Gasteiger partial charge in [-0.15, -0.1) is 0 Å². The molecule has 1 saturated carbocycles. The average molecular weight is 573 g/mol. The lowest BCUT2D eigenvalue weighted by Gasteiger charge is -2.25. The number of halogens is 3. The van der Waals surface area contributed by atoms with Crippen LogP contribution >= 0.6 is 0 Å². The summed E-state index contributed by atoms with van der Waals surface area (Å²) in [6.07, 6.45) is -0.425. The van der Waals surface area contributed by atoms with Crippen LogP contribution in [0.15, 0.2) is 53.2 Å². The van der Waals surface area contributed by atoms with Gasteiger partial charge in [-0.3, -0.25) is 14.4 Å². The Kier molecular flexibility index (Phi) is 8.94. The Morgan fingerprint density at radius 2 is 1.80 bits per heavy atom. The molecule has 0 spiro atoms. The maximum Gasteiger partial charge on any atom is 0.416 e. The third-order valence-corrected chi connectivity index (χ3v) is 6.90. The Morgan fingerprint density at radius 1 is 1.10 bits per heavy atom. The number of aryl methyl sites for hydroxylation is 1. The van der Waals surface area contributed by atoms with Gasteiger partial charge in [0, 0.05) is 38.5 Å². The van der Waals surface area contributed by atoms with Crippen molar-refractivity contribution in [3.63, 3.8) is 0 Å². The molecule has 0 radical (unpaired) electrons. The first kappa shape index (κ1) is 29.6. The highest BCUT2D eigenvalue weighted by molar-refractivity contribution is 6.04. The largest absolute Gasteiger partial charge is 0.424 e. The SMILES string of the molecule is Cc1ccccc1CC(=O)Nc1cc(NC(=O)[N-]c2c[n+]([C@@H]3CCC[C@H](C(=O)N(C)C)C3)no2)cc(C(F)(F)F)c1. The summed E-state index contributed by atoms with van der Waals surface area (Å²) in [6, 6.07) is 8.82. The zero-order valence-electron chi connectivity index (χ0n) is 22.9. The van der Waals surface area contributed by atoms with Crippen molar-refractivity contribution in [1.29, 1.82) is 0 Å². The Balaban J connectivity index is 1.42. The van der Waals surface area contributed by atoms with E-state index in [4.69, 9.17) is 4.52 Å². The molecule has 2 atom stereocenters. The van der Waals surface area contributed by atoms with Gasteiger partial charge in [0.05, 0.1) is 12.0 Å². The van der Waals surface area contributed by atoms with Gasteiger partial charge in [0.25, 0.3) is 0 Å². The van der Waals surface area contributed by atoms with Crippen LogP contribution in [0, 0.1) is 12.8 Å². The van der Waals surface area contributed by atoms with E-state index in [-0.39, 0.29) is 41.5 Å². The first-order valence-electron chi connectivity index (χ1n) is 13.1. The van der Waals surface area contributed by atoms with Crippen LogP contribution in [0.25, 0.3) is 5.32 Å². The number of aromatic nitrogens is 2. The van der Waals surface area contributed by atoms with Gasteiger partial charge in [-0.05, 0) is 54.8 Å². The second-order valence-corrected chi connectivity index (χ2v) is 10.3. The molecule has 4 rings (SSSR count). The van der Waals surface area contributed by atoms with Crippen LogP contribution < -0.4 is 15.3 Å². The van der Waals surface area contributed by atoms with Crippen LogP contribution in [-0.2, 0) is 22.2 Å². The maximum atomic E-state index is 13.6. The molecule has 0 unspecified atom stereocenters. The minimum absolute atomic E-state index is 0.0313. The molecule has 13 heteroatoms. The van der Waals surface area contributed by atoms with Crippen molar-refractivity contribution in [2.75, 3.05) is 24.7 Å². The van der Waals surface area contributed by atoms with E-state index in [2.05, 4.69) is 21.2 Å². The summed E-state index contributed by atoms with van der Waals surface area (Å²) in [4.78, 5) is 39.0. The van der Waals surface area contributed by atoms with Gasteiger partial charge in [-0.25, -0.2) is 0 Å². The summed E-state index contributed by atoms with van der Waals surface area (Å²) in [5.74, 6) is -0.773. The van der Waals surface area contributed by atoms with Gasteiger partial charge in [-0.1, -0.05) is 28.9 Å². The fourth-order valence-electron chi connectivity index (χ4n) is 4.84. The predicted molar refractivity (Wildman–Crippen MR) is 143 cm³/mol. The Labute approximate surface area is 234 Å². The lowest BCUT2D eigenvalue weighted by atomic mass is 9.85. The highest BCUT2D eigenvalue weighted by Crippen LogP contribution is 2.34.